The molecule has 0 aliphatic rings. The van der Waals surface area contributed by atoms with Crippen LogP contribution in [0.2, 0.25) is 0 Å². The minimum absolute atomic E-state index is 0.116. The summed E-state index contributed by atoms with van der Waals surface area (Å²) in [6.07, 6.45) is 3.80. The number of hydrogen-bond donors (Lipinski definition) is 1. The molecule has 1 heterocycles. The van der Waals surface area contributed by atoms with Crippen LogP contribution in [0, 0.1) is 0 Å². The molecule has 0 aliphatic carbocycles. The SMILES string of the molecule is CC(C)N(C(=O)CSc1[nH]cc[n+]1C)c1ccccc1. The van der Waals surface area contributed by atoms with Crippen molar-refractivity contribution < 1.29 is 9.36 Å². The van der Waals surface area contributed by atoms with Gasteiger partial charge in [-0.15, -0.1) is 0 Å². The highest BCUT2D eigenvalue weighted by Crippen LogP contribution is 2.19. The Morgan fingerprint density at radius 2 is 2.05 bits per heavy atom. The number of thioether (sulfide) groups is 1. The van der Waals surface area contributed by atoms with Crippen LogP contribution in [0.3, 0.4) is 0 Å². The van der Waals surface area contributed by atoms with E-state index in [2.05, 4.69) is 4.98 Å². The number of hydrogen-bond acceptors (Lipinski definition) is 2. The van der Waals surface area contributed by atoms with Gasteiger partial charge in [-0.3, -0.25) is 4.79 Å². The molecular weight excluding hydrogens is 270 g/mol. The number of carbonyl (C=O) groups is 1. The van der Waals surface area contributed by atoms with Crippen molar-refractivity contribution in [3.05, 3.63) is 42.7 Å². The lowest BCUT2D eigenvalue weighted by Crippen LogP contribution is -2.38. The number of benzene rings is 1. The van der Waals surface area contributed by atoms with Crippen molar-refractivity contribution >= 4 is 23.4 Å². The van der Waals surface area contributed by atoms with Crippen molar-refractivity contribution in [3.63, 3.8) is 0 Å². The summed E-state index contributed by atoms with van der Waals surface area (Å²) in [4.78, 5) is 17.4. The second-order valence-corrected chi connectivity index (χ2v) is 5.82. The van der Waals surface area contributed by atoms with Crippen LogP contribution >= 0.6 is 11.8 Å². The molecule has 0 spiro atoms. The van der Waals surface area contributed by atoms with E-state index >= 15 is 0 Å². The molecule has 20 heavy (non-hydrogen) atoms. The Morgan fingerprint density at radius 3 is 2.60 bits per heavy atom. The smallest absolute Gasteiger partial charge is 0.309 e. The van der Waals surface area contributed by atoms with Crippen molar-refractivity contribution in [3.8, 4) is 0 Å². The molecule has 1 aromatic carbocycles. The second kappa shape index (κ2) is 6.61. The minimum atomic E-state index is 0.116. The molecule has 0 radical (unpaired) electrons. The highest BCUT2D eigenvalue weighted by Gasteiger charge is 2.20. The first kappa shape index (κ1) is 14.7. The zero-order valence-electron chi connectivity index (χ0n) is 12.0. The average molecular weight is 290 g/mol. The van der Waals surface area contributed by atoms with Crippen molar-refractivity contribution in [2.24, 2.45) is 7.05 Å². The van der Waals surface area contributed by atoms with Crippen LogP contribution < -0.4 is 9.47 Å². The molecule has 0 saturated heterocycles. The summed E-state index contributed by atoms with van der Waals surface area (Å²) in [6, 6.07) is 9.95. The number of aromatic amines is 1. The quantitative estimate of drug-likeness (QED) is 0.678. The lowest BCUT2D eigenvalue weighted by molar-refractivity contribution is -0.708. The number of aromatic nitrogens is 2. The highest BCUT2D eigenvalue weighted by molar-refractivity contribution is 7.99. The molecule has 5 heteroatoms. The van der Waals surface area contributed by atoms with Crippen LogP contribution in [0.5, 0.6) is 0 Å². The number of aryl methyl sites for hydroxylation is 1. The first-order valence-electron chi connectivity index (χ1n) is 6.62. The number of anilines is 1. The van der Waals surface area contributed by atoms with Gasteiger partial charge in [-0.1, -0.05) is 18.2 Å². The number of imidazole rings is 1. The third-order valence-corrected chi connectivity index (χ3v) is 4.05. The van der Waals surface area contributed by atoms with Crippen LogP contribution in [0.15, 0.2) is 47.9 Å². The highest BCUT2D eigenvalue weighted by atomic mass is 32.2. The fraction of sp³-hybridized carbons (Fsp3) is 0.333. The summed E-state index contributed by atoms with van der Waals surface area (Å²) < 4.78 is 1.97. The maximum absolute atomic E-state index is 12.5. The van der Waals surface area contributed by atoms with E-state index in [9.17, 15) is 4.79 Å². The molecule has 2 aromatic rings. The van der Waals surface area contributed by atoms with Gasteiger partial charge in [0.15, 0.2) is 0 Å². The molecule has 0 fully saturated rings. The largest absolute Gasteiger partial charge is 0.316 e. The molecule has 0 bridgehead atoms. The number of rotatable bonds is 5. The Morgan fingerprint density at radius 1 is 1.35 bits per heavy atom. The molecule has 1 aromatic heterocycles. The van der Waals surface area contributed by atoms with Gasteiger partial charge in [0, 0.05) is 11.7 Å². The Bertz CT molecular complexity index is 566. The number of amides is 1. The number of para-hydroxylation sites is 1. The number of nitrogens with one attached hydrogen (secondary N) is 1. The average Bonchev–Trinajstić information content (AvgIpc) is 2.83. The Kier molecular flexibility index (Phi) is 4.84. The molecule has 1 amide bonds. The Labute approximate surface area is 123 Å². The number of nitrogens with zero attached hydrogens (tertiary/aromatic N) is 2. The van der Waals surface area contributed by atoms with Gasteiger partial charge in [0.2, 0.25) is 5.91 Å². The first-order valence-corrected chi connectivity index (χ1v) is 7.61. The van der Waals surface area contributed by atoms with E-state index in [0.717, 1.165) is 10.8 Å². The molecule has 1 N–H and O–H groups in total. The zero-order valence-corrected chi connectivity index (χ0v) is 12.9. The van der Waals surface area contributed by atoms with Gasteiger partial charge in [-0.2, -0.15) is 0 Å². The van der Waals surface area contributed by atoms with E-state index in [0.29, 0.717) is 5.75 Å². The first-order chi connectivity index (χ1) is 9.59. The monoisotopic (exact) mass is 290 g/mol. The van der Waals surface area contributed by atoms with Crippen molar-refractivity contribution in [1.29, 1.82) is 0 Å². The van der Waals surface area contributed by atoms with Gasteiger partial charge >= 0.3 is 5.16 Å². The molecule has 2 rings (SSSR count). The van der Waals surface area contributed by atoms with Gasteiger partial charge in [0.1, 0.15) is 12.4 Å². The second-order valence-electron chi connectivity index (χ2n) is 4.86. The molecule has 0 aliphatic heterocycles. The van der Waals surface area contributed by atoms with E-state index in [4.69, 9.17) is 0 Å². The van der Waals surface area contributed by atoms with Crippen molar-refractivity contribution in [1.82, 2.24) is 4.98 Å². The standard InChI is InChI=1S/C15H19N3OS/c1-12(2)18(13-7-5-4-6-8-13)14(19)11-20-15-16-9-10-17(15)3/h4-10,12H,11H2,1-3H3/p+1. The fourth-order valence-corrected chi connectivity index (χ4v) is 2.87. The van der Waals surface area contributed by atoms with Gasteiger partial charge < -0.3 is 4.90 Å². The van der Waals surface area contributed by atoms with Crippen molar-refractivity contribution in [2.45, 2.75) is 25.0 Å². The third-order valence-electron chi connectivity index (χ3n) is 2.98. The molecule has 0 atom stereocenters. The molecular formula is C15H20N3OS+. The molecule has 0 unspecified atom stereocenters. The maximum atomic E-state index is 12.5. The van der Waals surface area contributed by atoms with Crippen LogP contribution in [-0.2, 0) is 11.8 Å². The topological polar surface area (TPSA) is 40.0 Å². The Balaban J connectivity index is 2.07. The van der Waals surface area contributed by atoms with Gasteiger partial charge in [-0.05, 0) is 37.7 Å². The van der Waals surface area contributed by atoms with E-state index in [1.807, 2.05) is 73.1 Å². The summed E-state index contributed by atoms with van der Waals surface area (Å²) in [6.45, 7) is 4.06. The van der Waals surface area contributed by atoms with E-state index in [1.165, 1.54) is 11.8 Å². The van der Waals surface area contributed by atoms with E-state index < -0.39 is 0 Å². The lowest BCUT2D eigenvalue weighted by atomic mass is 10.2. The van der Waals surface area contributed by atoms with E-state index in [-0.39, 0.29) is 11.9 Å². The Hall–Kier alpha value is -1.75. The summed E-state index contributed by atoms with van der Waals surface area (Å²) >= 11 is 1.52. The normalized spacial score (nSPS) is 10.8. The van der Waals surface area contributed by atoms with Crippen LogP contribution in [0.25, 0.3) is 0 Å². The fourth-order valence-electron chi connectivity index (χ4n) is 2.05. The summed E-state index contributed by atoms with van der Waals surface area (Å²) in [5.74, 6) is 0.535. The van der Waals surface area contributed by atoms with Crippen LogP contribution in [-0.4, -0.2) is 22.7 Å². The third kappa shape index (κ3) is 3.42. The van der Waals surface area contributed by atoms with Crippen molar-refractivity contribution in [2.75, 3.05) is 10.7 Å². The summed E-state index contributed by atoms with van der Waals surface area (Å²) in [7, 11) is 1.96. The lowest BCUT2D eigenvalue weighted by Gasteiger charge is -2.26. The van der Waals surface area contributed by atoms with Gasteiger partial charge in [0.05, 0.1) is 12.8 Å². The van der Waals surface area contributed by atoms with Gasteiger partial charge in [0.25, 0.3) is 0 Å². The predicted molar refractivity (Wildman–Crippen MR) is 81.8 cm³/mol. The molecule has 4 nitrogen and oxygen atoms in total. The minimum Gasteiger partial charge on any atom is -0.309 e. The maximum Gasteiger partial charge on any atom is 0.316 e. The summed E-state index contributed by atoms with van der Waals surface area (Å²) in [5.41, 5.74) is 0.948. The van der Waals surface area contributed by atoms with E-state index in [1.54, 1.807) is 0 Å². The number of carbonyl (C=O) groups excluding carboxylic acids is 1. The van der Waals surface area contributed by atoms with Crippen LogP contribution in [0.1, 0.15) is 13.8 Å². The summed E-state index contributed by atoms with van der Waals surface area (Å²) in [5, 5.41) is 0.982. The van der Waals surface area contributed by atoms with Crippen LogP contribution in [0.4, 0.5) is 5.69 Å². The van der Waals surface area contributed by atoms with Gasteiger partial charge in [-0.25, -0.2) is 9.55 Å². The number of H-pyrrole nitrogens is 1. The molecule has 0 saturated carbocycles. The predicted octanol–water partition coefficient (Wildman–Crippen LogP) is 2.37. The molecule has 106 valence electrons. The zero-order chi connectivity index (χ0) is 14.5.